The van der Waals surface area contributed by atoms with Gasteiger partial charge in [-0.15, -0.1) is 0 Å². The summed E-state index contributed by atoms with van der Waals surface area (Å²) in [6.45, 7) is 1.94. The summed E-state index contributed by atoms with van der Waals surface area (Å²) in [4.78, 5) is 53.8. The van der Waals surface area contributed by atoms with Gasteiger partial charge in [-0.05, 0) is 30.2 Å². The van der Waals surface area contributed by atoms with E-state index in [-0.39, 0.29) is 22.4 Å². The highest BCUT2D eigenvalue weighted by molar-refractivity contribution is 8.00. The molecule has 0 radical (unpaired) electrons. The van der Waals surface area contributed by atoms with Gasteiger partial charge in [0, 0.05) is 22.9 Å². The Balaban J connectivity index is 1.63. The lowest BCUT2D eigenvalue weighted by atomic mass is 9.81. The third kappa shape index (κ3) is 3.02. The number of benzene rings is 2. The average molecular weight is 454 g/mol. The van der Waals surface area contributed by atoms with Crippen LogP contribution in [0.1, 0.15) is 21.9 Å². The molecule has 2 aliphatic heterocycles. The Bertz CT molecular complexity index is 1300. The summed E-state index contributed by atoms with van der Waals surface area (Å²) in [6.07, 6.45) is 0. The Morgan fingerprint density at radius 3 is 2.42 bits per heavy atom. The summed E-state index contributed by atoms with van der Waals surface area (Å²) >= 11 is 2.27. The summed E-state index contributed by atoms with van der Waals surface area (Å²) in [5.41, 5.74) is 2.06. The molecule has 3 atom stereocenters. The second kappa shape index (κ2) is 7.17. The van der Waals surface area contributed by atoms with Crippen LogP contribution in [0.4, 0.5) is 11.4 Å². The minimum atomic E-state index is -0.690. The molecule has 1 aromatic heterocycles. The summed E-state index contributed by atoms with van der Waals surface area (Å²) in [6, 6.07) is 13.0. The Labute approximate surface area is 184 Å². The molecule has 0 bridgehead atoms. The van der Waals surface area contributed by atoms with Crippen molar-refractivity contribution in [3.63, 3.8) is 0 Å². The van der Waals surface area contributed by atoms with Crippen molar-refractivity contribution in [1.29, 1.82) is 0 Å². The van der Waals surface area contributed by atoms with Gasteiger partial charge in [0.1, 0.15) is 5.25 Å². The molecule has 2 aromatic carbocycles. The Kier molecular flexibility index (Phi) is 4.56. The van der Waals surface area contributed by atoms with Gasteiger partial charge in [0.25, 0.3) is 5.69 Å². The van der Waals surface area contributed by atoms with Crippen LogP contribution in [0.15, 0.2) is 58.4 Å². The van der Waals surface area contributed by atoms with Crippen LogP contribution in [0.3, 0.4) is 0 Å². The van der Waals surface area contributed by atoms with E-state index in [0.717, 1.165) is 32.2 Å². The molecule has 2 amide bonds. The number of carbonyl (C=O) groups is 2. The molecular formula is C21H15N3O5S2. The maximum atomic E-state index is 13.6. The molecule has 3 heterocycles. The standard InChI is InChI=1S/C21H15N3O5S2/c1-10-4-2-3-5-13(10)14-15-17(30-18-16(14)31-21(27)22-18)20(26)23(19(15)25)11-6-8-12(9-7-11)24(28)29/h2-9,14-15,17H,1H3,(H,22,27)/t14-,15-,17+/m0/s1. The monoisotopic (exact) mass is 453 g/mol. The van der Waals surface area contributed by atoms with E-state index in [1.807, 2.05) is 31.2 Å². The van der Waals surface area contributed by atoms with Gasteiger partial charge in [-0.1, -0.05) is 47.4 Å². The second-order valence-corrected chi connectivity index (χ2v) is 9.56. The lowest BCUT2D eigenvalue weighted by molar-refractivity contribution is -0.384. The lowest BCUT2D eigenvalue weighted by Gasteiger charge is -2.30. The van der Waals surface area contributed by atoms with Gasteiger partial charge < -0.3 is 4.98 Å². The van der Waals surface area contributed by atoms with Gasteiger partial charge >= 0.3 is 4.87 Å². The normalized spacial score (nSPS) is 22.4. The first-order chi connectivity index (χ1) is 14.9. The van der Waals surface area contributed by atoms with E-state index in [0.29, 0.717) is 10.7 Å². The van der Waals surface area contributed by atoms with Crippen molar-refractivity contribution in [3.8, 4) is 0 Å². The van der Waals surface area contributed by atoms with Gasteiger partial charge in [0.05, 0.1) is 21.6 Å². The van der Waals surface area contributed by atoms with Crippen LogP contribution in [-0.4, -0.2) is 27.0 Å². The van der Waals surface area contributed by atoms with Gasteiger partial charge in [-0.2, -0.15) is 0 Å². The number of non-ortho nitro benzene ring substituents is 1. The summed E-state index contributed by atoms with van der Waals surface area (Å²) in [5, 5.41) is 10.9. The third-order valence-electron chi connectivity index (χ3n) is 5.67. The minimum absolute atomic E-state index is 0.118. The highest BCUT2D eigenvalue weighted by Crippen LogP contribution is 2.53. The predicted octanol–water partition coefficient (Wildman–Crippen LogP) is 3.45. The number of nitrogens with zero attached hydrogens (tertiary/aromatic N) is 2. The number of hydrogen-bond acceptors (Lipinski definition) is 7. The maximum Gasteiger partial charge on any atom is 0.305 e. The van der Waals surface area contributed by atoms with Crippen LogP contribution < -0.4 is 9.77 Å². The third-order valence-corrected chi connectivity index (χ3v) is 8.07. The number of anilines is 1. The molecule has 0 aliphatic carbocycles. The number of nitro groups is 1. The molecule has 2 aliphatic rings. The fraction of sp³-hybridized carbons (Fsp3) is 0.190. The number of thiazole rings is 1. The number of fused-ring (bicyclic) bond motifs is 2. The van der Waals surface area contributed by atoms with Gasteiger partial charge in [0.2, 0.25) is 11.8 Å². The quantitative estimate of drug-likeness (QED) is 0.369. The number of aromatic nitrogens is 1. The lowest BCUT2D eigenvalue weighted by Crippen LogP contribution is -2.32. The number of nitro benzene ring substituents is 1. The zero-order chi connectivity index (χ0) is 21.9. The van der Waals surface area contributed by atoms with Crippen LogP contribution in [-0.2, 0) is 9.59 Å². The predicted molar refractivity (Wildman–Crippen MR) is 117 cm³/mol. The number of carbonyl (C=O) groups excluding carboxylic acids is 2. The van der Waals surface area contributed by atoms with Crippen molar-refractivity contribution in [2.24, 2.45) is 5.92 Å². The highest BCUT2D eigenvalue weighted by atomic mass is 32.2. The van der Waals surface area contributed by atoms with E-state index in [9.17, 15) is 24.5 Å². The molecule has 5 rings (SSSR count). The van der Waals surface area contributed by atoms with Crippen molar-refractivity contribution in [2.75, 3.05) is 4.90 Å². The number of nitrogens with one attached hydrogen (secondary N) is 1. The summed E-state index contributed by atoms with van der Waals surface area (Å²) in [5.74, 6) is -1.85. The zero-order valence-electron chi connectivity index (χ0n) is 16.1. The van der Waals surface area contributed by atoms with E-state index in [2.05, 4.69) is 4.98 Å². The largest absolute Gasteiger partial charge is 0.307 e. The van der Waals surface area contributed by atoms with E-state index >= 15 is 0 Å². The Morgan fingerprint density at radius 1 is 1.03 bits per heavy atom. The minimum Gasteiger partial charge on any atom is -0.307 e. The topological polar surface area (TPSA) is 113 Å². The molecule has 0 saturated carbocycles. The van der Waals surface area contributed by atoms with Crippen LogP contribution in [0.25, 0.3) is 0 Å². The molecular weight excluding hydrogens is 438 g/mol. The summed E-state index contributed by atoms with van der Waals surface area (Å²) in [7, 11) is 0. The fourth-order valence-electron chi connectivity index (χ4n) is 4.27. The molecule has 8 nitrogen and oxygen atoms in total. The van der Waals surface area contributed by atoms with Crippen LogP contribution in [0, 0.1) is 23.0 Å². The Hall–Kier alpha value is -3.24. The van der Waals surface area contributed by atoms with Gasteiger partial charge in [0.15, 0.2) is 0 Å². The number of amides is 2. The van der Waals surface area contributed by atoms with Crippen molar-refractivity contribution >= 4 is 46.3 Å². The first-order valence-corrected chi connectivity index (χ1v) is 11.1. The van der Waals surface area contributed by atoms with Crippen LogP contribution in [0.2, 0.25) is 0 Å². The average Bonchev–Trinajstić information content (AvgIpc) is 3.23. The molecule has 156 valence electrons. The number of aromatic amines is 1. The first kappa shape index (κ1) is 19.7. The number of H-pyrrole nitrogens is 1. The highest BCUT2D eigenvalue weighted by Gasteiger charge is 2.56. The van der Waals surface area contributed by atoms with Crippen molar-refractivity contribution in [3.05, 3.63) is 84.3 Å². The van der Waals surface area contributed by atoms with E-state index in [4.69, 9.17) is 0 Å². The molecule has 1 saturated heterocycles. The molecule has 10 heteroatoms. The van der Waals surface area contributed by atoms with Crippen LogP contribution in [0.5, 0.6) is 0 Å². The molecule has 1 fully saturated rings. The van der Waals surface area contributed by atoms with Gasteiger partial charge in [-0.25, -0.2) is 4.90 Å². The number of thioether (sulfide) groups is 1. The molecule has 1 N–H and O–H groups in total. The zero-order valence-corrected chi connectivity index (χ0v) is 17.7. The molecule has 3 aromatic rings. The smallest absolute Gasteiger partial charge is 0.305 e. The molecule has 31 heavy (non-hydrogen) atoms. The van der Waals surface area contributed by atoms with E-state index in [1.165, 1.54) is 36.0 Å². The second-order valence-electron chi connectivity index (χ2n) is 7.39. The summed E-state index contributed by atoms with van der Waals surface area (Å²) < 4.78 is 0. The maximum absolute atomic E-state index is 13.6. The fourth-order valence-corrected chi connectivity index (χ4v) is 6.77. The molecule has 0 unspecified atom stereocenters. The van der Waals surface area contributed by atoms with Crippen LogP contribution >= 0.6 is 23.1 Å². The number of aryl methyl sites for hydroxylation is 1. The SMILES string of the molecule is Cc1ccccc1[C@@H]1c2sc(=O)[nH]c2S[C@H]2C(=O)N(c3ccc([N+](=O)[O-])cc3)C(=O)[C@@H]12. The van der Waals surface area contributed by atoms with E-state index in [1.54, 1.807) is 0 Å². The van der Waals surface area contributed by atoms with Crippen molar-refractivity contribution in [1.82, 2.24) is 4.98 Å². The Morgan fingerprint density at radius 2 is 1.74 bits per heavy atom. The van der Waals surface area contributed by atoms with Gasteiger partial charge in [-0.3, -0.25) is 24.5 Å². The van der Waals surface area contributed by atoms with E-state index < -0.39 is 22.0 Å². The van der Waals surface area contributed by atoms with Crippen molar-refractivity contribution < 1.29 is 14.5 Å². The molecule has 0 spiro atoms. The number of hydrogen-bond donors (Lipinski definition) is 1. The number of rotatable bonds is 3. The number of imide groups is 1. The first-order valence-electron chi connectivity index (χ1n) is 9.44. The van der Waals surface area contributed by atoms with Crippen molar-refractivity contribution in [2.45, 2.75) is 23.1 Å².